The van der Waals surface area contributed by atoms with E-state index in [9.17, 15) is 13.2 Å². The Labute approximate surface area is 180 Å². The van der Waals surface area contributed by atoms with E-state index in [1.165, 1.54) is 25.3 Å². The van der Waals surface area contributed by atoms with Crippen LogP contribution in [0.15, 0.2) is 83.8 Å². The molecule has 0 aromatic heterocycles. The molecule has 2 N–H and O–H groups in total. The van der Waals surface area contributed by atoms with Gasteiger partial charge in [0.1, 0.15) is 5.75 Å². The molecular weight excluding hydrogens is 414 g/mol. The number of anilines is 2. The Morgan fingerprint density at radius 2 is 1.71 bits per heavy atom. The molecule has 0 unspecified atom stereocenters. The van der Waals surface area contributed by atoms with Crippen molar-refractivity contribution in [2.75, 3.05) is 17.1 Å². The molecular formula is C23H19N3O4S. The minimum atomic E-state index is -3.84. The molecule has 0 atom stereocenters. The minimum Gasteiger partial charge on any atom is -0.497 e. The van der Waals surface area contributed by atoms with E-state index in [1.54, 1.807) is 66.7 Å². The van der Waals surface area contributed by atoms with Crippen LogP contribution in [-0.2, 0) is 14.8 Å². The zero-order valence-corrected chi connectivity index (χ0v) is 17.4. The first-order chi connectivity index (χ1) is 14.9. The van der Waals surface area contributed by atoms with Crippen LogP contribution in [0.2, 0.25) is 0 Å². The predicted molar refractivity (Wildman–Crippen MR) is 119 cm³/mol. The van der Waals surface area contributed by atoms with Crippen molar-refractivity contribution < 1.29 is 17.9 Å². The van der Waals surface area contributed by atoms with E-state index >= 15 is 0 Å². The van der Waals surface area contributed by atoms with Crippen molar-refractivity contribution in [3.8, 4) is 11.8 Å². The third kappa shape index (κ3) is 5.95. The highest BCUT2D eigenvalue weighted by Crippen LogP contribution is 2.21. The van der Waals surface area contributed by atoms with Gasteiger partial charge in [-0.1, -0.05) is 18.2 Å². The van der Waals surface area contributed by atoms with Gasteiger partial charge in [-0.25, -0.2) is 8.42 Å². The lowest BCUT2D eigenvalue weighted by atomic mass is 10.1. The maximum atomic E-state index is 12.7. The number of nitrogens with zero attached hydrogens (tertiary/aromatic N) is 1. The first-order valence-electron chi connectivity index (χ1n) is 9.16. The Balaban J connectivity index is 1.68. The third-order valence-corrected chi connectivity index (χ3v) is 5.60. The van der Waals surface area contributed by atoms with Crippen LogP contribution in [0.4, 0.5) is 11.4 Å². The molecule has 0 saturated carbocycles. The number of hydrogen-bond donors (Lipinski definition) is 2. The molecule has 1 amide bonds. The van der Waals surface area contributed by atoms with Crippen molar-refractivity contribution in [1.29, 1.82) is 5.26 Å². The fourth-order valence-electron chi connectivity index (χ4n) is 2.64. The molecule has 8 heteroatoms. The van der Waals surface area contributed by atoms with Gasteiger partial charge in [0, 0.05) is 17.5 Å². The van der Waals surface area contributed by atoms with E-state index in [4.69, 9.17) is 10.00 Å². The predicted octanol–water partition coefficient (Wildman–Crippen LogP) is 4.02. The van der Waals surface area contributed by atoms with Gasteiger partial charge in [-0.15, -0.1) is 0 Å². The van der Waals surface area contributed by atoms with E-state index in [1.807, 2.05) is 6.07 Å². The smallest absolute Gasteiger partial charge is 0.261 e. The summed E-state index contributed by atoms with van der Waals surface area (Å²) in [5, 5.41) is 11.4. The van der Waals surface area contributed by atoms with Gasteiger partial charge in [-0.2, -0.15) is 5.26 Å². The Kier molecular flexibility index (Phi) is 6.70. The molecule has 0 heterocycles. The van der Waals surface area contributed by atoms with E-state index in [0.29, 0.717) is 22.7 Å². The summed E-state index contributed by atoms with van der Waals surface area (Å²) >= 11 is 0. The summed E-state index contributed by atoms with van der Waals surface area (Å²) in [4.78, 5) is 12.2. The van der Waals surface area contributed by atoms with Crippen molar-refractivity contribution >= 4 is 33.4 Å². The topological polar surface area (TPSA) is 108 Å². The molecule has 0 aliphatic heterocycles. The lowest BCUT2D eigenvalue weighted by molar-refractivity contribution is -0.111. The van der Waals surface area contributed by atoms with Crippen LogP contribution in [0, 0.1) is 11.3 Å². The van der Waals surface area contributed by atoms with Crippen LogP contribution >= 0.6 is 0 Å². The molecule has 0 aliphatic carbocycles. The molecule has 31 heavy (non-hydrogen) atoms. The number of carbonyl (C=O) groups is 1. The average molecular weight is 433 g/mol. The maximum Gasteiger partial charge on any atom is 0.261 e. The standard InChI is InChI=1S/C23H19N3O4S/c1-30-21-12-10-19(11-13-21)26-31(28,29)22-4-2-3-20(15-22)25-23(27)14-9-17-5-7-18(16-24)8-6-17/h2-15,26H,1H3,(H,25,27)/b14-9+. The van der Waals surface area contributed by atoms with Crippen molar-refractivity contribution in [2.45, 2.75) is 4.90 Å². The summed E-state index contributed by atoms with van der Waals surface area (Å²) in [6, 6.07) is 21.2. The Hall–Kier alpha value is -4.09. The Morgan fingerprint density at radius 1 is 1.00 bits per heavy atom. The quantitative estimate of drug-likeness (QED) is 0.547. The SMILES string of the molecule is COc1ccc(NS(=O)(=O)c2cccc(NC(=O)/C=C/c3ccc(C#N)cc3)c2)cc1. The minimum absolute atomic E-state index is 0.0113. The number of benzene rings is 3. The third-order valence-electron chi connectivity index (χ3n) is 4.22. The van der Waals surface area contributed by atoms with Crippen molar-refractivity contribution in [1.82, 2.24) is 0 Å². The number of methoxy groups -OCH3 is 1. The van der Waals surface area contributed by atoms with E-state index in [0.717, 1.165) is 5.56 Å². The van der Waals surface area contributed by atoms with Gasteiger partial charge < -0.3 is 10.1 Å². The second-order valence-electron chi connectivity index (χ2n) is 6.42. The van der Waals surface area contributed by atoms with Crippen LogP contribution in [0.5, 0.6) is 5.75 Å². The summed E-state index contributed by atoms with van der Waals surface area (Å²) in [5.74, 6) is 0.198. The van der Waals surface area contributed by atoms with Crippen molar-refractivity contribution in [3.05, 3.63) is 90.0 Å². The van der Waals surface area contributed by atoms with E-state index < -0.39 is 15.9 Å². The van der Waals surface area contributed by atoms with E-state index in [2.05, 4.69) is 10.0 Å². The van der Waals surface area contributed by atoms with Gasteiger partial charge in [0.05, 0.1) is 23.6 Å². The van der Waals surface area contributed by atoms with Crippen molar-refractivity contribution in [2.24, 2.45) is 0 Å². The van der Waals surface area contributed by atoms with Gasteiger partial charge in [-0.3, -0.25) is 9.52 Å². The van der Waals surface area contributed by atoms with Crippen LogP contribution in [-0.4, -0.2) is 21.4 Å². The molecule has 0 radical (unpaired) electrons. The zero-order valence-electron chi connectivity index (χ0n) is 16.6. The highest BCUT2D eigenvalue weighted by molar-refractivity contribution is 7.92. The normalized spacial score (nSPS) is 11.0. The summed E-state index contributed by atoms with van der Waals surface area (Å²) < 4.78 is 32.9. The first-order valence-corrected chi connectivity index (χ1v) is 10.6. The monoisotopic (exact) mass is 433 g/mol. The fraction of sp³-hybridized carbons (Fsp3) is 0.0435. The van der Waals surface area contributed by atoms with Crippen LogP contribution in [0.3, 0.4) is 0 Å². The molecule has 0 bridgehead atoms. The molecule has 3 aromatic rings. The number of nitrogens with one attached hydrogen (secondary N) is 2. The lowest BCUT2D eigenvalue weighted by Crippen LogP contribution is -2.14. The molecule has 0 saturated heterocycles. The summed E-state index contributed by atoms with van der Waals surface area (Å²) in [6.07, 6.45) is 2.93. The second kappa shape index (κ2) is 9.61. The highest BCUT2D eigenvalue weighted by Gasteiger charge is 2.15. The number of sulfonamides is 1. The van der Waals surface area contributed by atoms with Crippen LogP contribution in [0.1, 0.15) is 11.1 Å². The number of rotatable bonds is 7. The number of amides is 1. The fourth-order valence-corrected chi connectivity index (χ4v) is 3.74. The largest absolute Gasteiger partial charge is 0.497 e. The summed E-state index contributed by atoms with van der Waals surface area (Å²) in [6.45, 7) is 0. The number of hydrogen-bond acceptors (Lipinski definition) is 5. The van der Waals surface area contributed by atoms with Gasteiger partial charge in [0.25, 0.3) is 10.0 Å². The van der Waals surface area contributed by atoms with Gasteiger partial charge in [0.2, 0.25) is 5.91 Å². The molecule has 3 aromatic carbocycles. The molecule has 156 valence electrons. The van der Waals surface area contributed by atoms with Crippen molar-refractivity contribution in [3.63, 3.8) is 0 Å². The Morgan fingerprint density at radius 3 is 2.35 bits per heavy atom. The second-order valence-corrected chi connectivity index (χ2v) is 8.10. The van der Waals surface area contributed by atoms with Crippen LogP contribution < -0.4 is 14.8 Å². The molecule has 0 fully saturated rings. The highest BCUT2D eigenvalue weighted by atomic mass is 32.2. The van der Waals surface area contributed by atoms with Gasteiger partial charge >= 0.3 is 0 Å². The zero-order chi connectivity index (χ0) is 22.3. The van der Waals surface area contributed by atoms with E-state index in [-0.39, 0.29) is 4.90 Å². The van der Waals surface area contributed by atoms with Gasteiger partial charge in [-0.05, 0) is 66.2 Å². The first kappa shape index (κ1) is 21.6. The lowest BCUT2D eigenvalue weighted by Gasteiger charge is -2.10. The number of nitriles is 1. The number of carbonyl (C=O) groups excluding carboxylic acids is 1. The Bertz CT molecular complexity index is 1240. The van der Waals surface area contributed by atoms with Gasteiger partial charge in [0.15, 0.2) is 0 Å². The number of ether oxygens (including phenoxy) is 1. The molecule has 7 nitrogen and oxygen atoms in total. The average Bonchev–Trinajstić information content (AvgIpc) is 2.78. The van der Waals surface area contributed by atoms with Crippen LogP contribution in [0.25, 0.3) is 6.08 Å². The molecule has 0 spiro atoms. The maximum absolute atomic E-state index is 12.7. The molecule has 0 aliphatic rings. The molecule has 3 rings (SSSR count). The summed E-state index contributed by atoms with van der Waals surface area (Å²) in [5.41, 5.74) is 2.02. The summed E-state index contributed by atoms with van der Waals surface area (Å²) in [7, 11) is -2.31.